The van der Waals surface area contributed by atoms with Crippen molar-refractivity contribution in [3.8, 4) is 0 Å². The SMILES string of the molecule is CC1(O)CCCN(c2ccc([N+](=O)[O-])c(N)n2)CC1. The van der Waals surface area contributed by atoms with Crippen molar-refractivity contribution in [2.24, 2.45) is 0 Å². The Hall–Kier alpha value is -1.89. The maximum absolute atomic E-state index is 10.7. The van der Waals surface area contributed by atoms with Gasteiger partial charge in [0, 0.05) is 19.2 Å². The highest BCUT2D eigenvalue weighted by Gasteiger charge is 2.26. The quantitative estimate of drug-likeness (QED) is 0.617. The fourth-order valence-corrected chi connectivity index (χ4v) is 2.28. The van der Waals surface area contributed by atoms with Gasteiger partial charge < -0.3 is 15.7 Å². The molecule has 0 spiro atoms. The summed E-state index contributed by atoms with van der Waals surface area (Å²) in [6.07, 6.45) is 2.24. The summed E-state index contributed by atoms with van der Waals surface area (Å²) in [5.74, 6) is 0.555. The maximum atomic E-state index is 10.7. The molecule has 0 aliphatic carbocycles. The molecule has 7 heteroatoms. The molecule has 1 unspecified atom stereocenters. The van der Waals surface area contributed by atoms with E-state index in [1.807, 2.05) is 11.8 Å². The third-order valence-corrected chi connectivity index (χ3v) is 3.47. The van der Waals surface area contributed by atoms with Crippen molar-refractivity contribution in [2.45, 2.75) is 31.8 Å². The van der Waals surface area contributed by atoms with Gasteiger partial charge in [0.25, 0.3) is 0 Å². The summed E-state index contributed by atoms with van der Waals surface area (Å²) >= 11 is 0. The summed E-state index contributed by atoms with van der Waals surface area (Å²) in [5, 5.41) is 20.7. The van der Waals surface area contributed by atoms with Gasteiger partial charge in [-0.2, -0.15) is 0 Å². The minimum Gasteiger partial charge on any atom is -0.390 e. The summed E-state index contributed by atoms with van der Waals surface area (Å²) in [4.78, 5) is 16.2. The zero-order valence-corrected chi connectivity index (χ0v) is 10.9. The fraction of sp³-hybridized carbons (Fsp3) is 0.583. The molecule has 1 aromatic rings. The van der Waals surface area contributed by atoms with Crippen LogP contribution in [0.2, 0.25) is 0 Å². The minimum atomic E-state index is -0.652. The van der Waals surface area contributed by atoms with Crippen molar-refractivity contribution >= 4 is 17.3 Å². The first-order valence-electron chi connectivity index (χ1n) is 6.27. The van der Waals surface area contributed by atoms with E-state index in [9.17, 15) is 15.2 Å². The van der Waals surface area contributed by atoms with Crippen LogP contribution >= 0.6 is 0 Å². The predicted octanol–water partition coefficient (Wildman–Crippen LogP) is 1.31. The second kappa shape index (κ2) is 5.00. The molecule has 3 N–H and O–H groups in total. The number of anilines is 2. The van der Waals surface area contributed by atoms with Crippen LogP contribution in [0.4, 0.5) is 17.3 Å². The van der Waals surface area contributed by atoms with Crippen molar-refractivity contribution < 1.29 is 10.0 Å². The minimum absolute atomic E-state index is 0.0708. The molecule has 2 rings (SSSR count). The number of nitrogen functional groups attached to an aromatic ring is 1. The largest absolute Gasteiger partial charge is 0.390 e. The van der Waals surface area contributed by atoms with Crippen LogP contribution in [0.5, 0.6) is 0 Å². The molecule has 1 atom stereocenters. The molecule has 0 aromatic carbocycles. The van der Waals surface area contributed by atoms with Crippen molar-refractivity contribution in [3.63, 3.8) is 0 Å². The zero-order valence-electron chi connectivity index (χ0n) is 10.9. The first-order chi connectivity index (χ1) is 8.89. The molecule has 1 saturated heterocycles. The molecule has 2 heterocycles. The number of pyridine rings is 1. The lowest BCUT2D eigenvalue weighted by molar-refractivity contribution is -0.384. The lowest BCUT2D eigenvalue weighted by Gasteiger charge is -2.23. The van der Waals surface area contributed by atoms with E-state index >= 15 is 0 Å². The summed E-state index contributed by atoms with van der Waals surface area (Å²) in [6.45, 7) is 3.26. The second-order valence-corrected chi connectivity index (χ2v) is 5.17. The molecule has 1 fully saturated rings. The molecule has 1 aliphatic rings. The average Bonchev–Trinajstić information content (AvgIpc) is 2.49. The number of nitro groups is 1. The molecule has 0 bridgehead atoms. The van der Waals surface area contributed by atoms with Gasteiger partial charge >= 0.3 is 5.69 Å². The van der Waals surface area contributed by atoms with Gasteiger partial charge in [0.15, 0.2) is 0 Å². The molecular weight excluding hydrogens is 248 g/mol. The third-order valence-electron chi connectivity index (χ3n) is 3.47. The van der Waals surface area contributed by atoms with E-state index in [0.717, 1.165) is 19.4 Å². The Kier molecular flexibility index (Phi) is 3.57. The number of aromatic nitrogens is 1. The highest BCUT2D eigenvalue weighted by Crippen LogP contribution is 2.27. The van der Waals surface area contributed by atoms with Crippen molar-refractivity contribution in [1.29, 1.82) is 0 Å². The normalized spacial score (nSPS) is 24.0. The Morgan fingerprint density at radius 3 is 2.84 bits per heavy atom. The molecule has 0 saturated carbocycles. The standard InChI is InChI=1S/C12H18N4O3/c1-12(17)5-2-7-15(8-6-12)10-4-3-9(16(18)19)11(13)14-10/h3-4,17H,2,5-8H2,1H3,(H2,13,14). The van der Waals surface area contributed by atoms with Crippen LogP contribution in [-0.2, 0) is 0 Å². The third kappa shape index (κ3) is 3.11. The molecule has 0 amide bonds. The molecular formula is C12H18N4O3. The zero-order chi connectivity index (χ0) is 14.0. The van der Waals surface area contributed by atoms with E-state index in [4.69, 9.17) is 5.73 Å². The van der Waals surface area contributed by atoms with Crippen LogP contribution in [0.3, 0.4) is 0 Å². The van der Waals surface area contributed by atoms with Crippen molar-refractivity contribution in [2.75, 3.05) is 23.7 Å². The monoisotopic (exact) mass is 266 g/mol. The van der Waals surface area contributed by atoms with Crippen LogP contribution in [0, 0.1) is 10.1 Å². The lowest BCUT2D eigenvalue weighted by Crippen LogP contribution is -2.28. The molecule has 1 aliphatic heterocycles. The maximum Gasteiger partial charge on any atom is 0.311 e. The average molecular weight is 266 g/mol. The number of nitrogens with two attached hydrogens (primary N) is 1. The molecule has 19 heavy (non-hydrogen) atoms. The molecule has 7 nitrogen and oxygen atoms in total. The van der Waals surface area contributed by atoms with E-state index < -0.39 is 10.5 Å². The van der Waals surface area contributed by atoms with Gasteiger partial charge in [-0.15, -0.1) is 0 Å². The Labute approximate surface area is 111 Å². The summed E-state index contributed by atoms with van der Waals surface area (Å²) in [7, 11) is 0. The highest BCUT2D eigenvalue weighted by molar-refractivity contribution is 5.58. The number of hydrogen-bond donors (Lipinski definition) is 2. The molecule has 0 radical (unpaired) electrons. The highest BCUT2D eigenvalue weighted by atomic mass is 16.6. The van der Waals surface area contributed by atoms with E-state index in [1.165, 1.54) is 6.07 Å². The van der Waals surface area contributed by atoms with Gasteiger partial charge in [-0.1, -0.05) is 0 Å². The van der Waals surface area contributed by atoms with E-state index in [0.29, 0.717) is 18.8 Å². The topological polar surface area (TPSA) is 106 Å². The number of nitrogens with zero attached hydrogens (tertiary/aromatic N) is 3. The van der Waals surface area contributed by atoms with Gasteiger partial charge in [0.1, 0.15) is 5.82 Å². The van der Waals surface area contributed by atoms with Crippen LogP contribution < -0.4 is 10.6 Å². The van der Waals surface area contributed by atoms with Crippen molar-refractivity contribution in [1.82, 2.24) is 4.98 Å². The number of rotatable bonds is 2. The molecule has 1 aromatic heterocycles. The fourth-order valence-electron chi connectivity index (χ4n) is 2.28. The van der Waals surface area contributed by atoms with Gasteiger partial charge in [-0.3, -0.25) is 10.1 Å². The van der Waals surface area contributed by atoms with Crippen LogP contribution in [0.15, 0.2) is 12.1 Å². The van der Waals surface area contributed by atoms with Gasteiger partial charge in [-0.05, 0) is 32.3 Å². The van der Waals surface area contributed by atoms with Crippen molar-refractivity contribution in [3.05, 3.63) is 22.2 Å². The number of hydrogen-bond acceptors (Lipinski definition) is 6. The lowest BCUT2D eigenvalue weighted by atomic mass is 9.98. The van der Waals surface area contributed by atoms with Crippen LogP contribution in [0.25, 0.3) is 0 Å². The Bertz CT molecular complexity index is 490. The first-order valence-corrected chi connectivity index (χ1v) is 6.27. The van der Waals surface area contributed by atoms with E-state index in [2.05, 4.69) is 4.98 Å². The Morgan fingerprint density at radius 2 is 2.21 bits per heavy atom. The number of aliphatic hydroxyl groups is 1. The molecule has 104 valence electrons. The van der Waals surface area contributed by atoms with Gasteiger partial charge in [-0.25, -0.2) is 4.98 Å². The second-order valence-electron chi connectivity index (χ2n) is 5.17. The van der Waals surface area contributed by atoms with E-state index in [1.54, 1.807) is 6.07 Å². The van der Waals surface area contributed by atoms with Crippen LogP contribution in [-0.4, -0.2) is 33.7 Å². The Balaban J connectivity index is 2.18. The van der Waals surface area contributed by atoms with Gasteiger partial charge in [0.2, 0.25) is 5.82 Å². The van der Waals surface area contributed by atoms with Crippen LogP contribution in [0.1, 0.15) is 26.2 Å². The Morgan fingerprint density at radius 1 is 1.47 bits per heavy atom. The van der Waals surface area contributed by atoms with E-state index in [-0.39, 0.29) is 11.5 Å². The summed E-state index contributed by atoms with van der Waals surface area (Å²) < 4.78 is 0. The predicted molar refractivity (Wildman–Crippen MR) is 72.0 cm³/mol. The summed E-state index contributed by atoms with van der Waals surface area (Å²) in [6, 6.07) is 2.98. The first kappa shape index (κ1) is 13.5. The smallest absolute Gasteiger partial charge is 0.311 e. The summed E-state index contributed by atoms with van der Waals surface area (Å²) in [5.41, 5.74) is 4.77. The van der Waals surface area contributed by atoms with Gasteiger partial charge in [0.05, 0.1) is 10.5 Å².